The smallest absolute Gasteiger partial charge is 0.261 e. The summed E-state index contributed by atoms with van der Waals surface area (Å²) in [5.74, 6) is 0.469. The maximum atomic E-state index is 13.1. The first kappa shape index (κ1) is 25.9. The maximum Gasteiger partial charge on any atom is 0.261 e. The summed E-state index contributed by atoms with van der Waals surface area (Å²) >= 11 is 5.39. The molecular formula is C28H31N3O3S. The minimum atomic E-state index is -0.382. The average Bonchev–Trinajstić information content (AvgIpc) is 2.84. The third kappa shape index (κ3) is 7.65. The molecule has 35 heavy (non-hydrogen) atoms. The van der Waals surface area contributed by atoms with Gasteiger partial charge in [-0.25, -0.2) is 0 Å². The molecule has 0 aliphatic rings. The van der Waals surface area contributed by atoms with Crippen molar-refractivity contribution < 1.29 is 14.3 Å². The van der Waals surface area contributed by atoms with Crippen LogP contribution >= 0.6 is 12.2 Å². The van der Waals surface area contributed by atoms with E-state index in [1.54, 1.807) is 54.4 Å². The van der Waals surface area contributed by atoms with Gasteiger partial charge < -0.3 is 15.0 Å². The summed E-state index contributed by atoms with van der Waals surface area (Å²) in [4.78, 5) is 27.7. The van der Waals surface area contributed by atoms with Crippen molar-refractivity contribution in [3.8, 4) is 5.75 Å². The van der Waals surface area contributed by atoms with E-state index in [1.807, 2.05) is 36.4 Å². The molecule has 182 valence electrons. The summed E-state index contributed by atoms with van der Waals surface area (Å²) in [5.41, 5.74) is 2.40. The van der Waals surface area contributed by atoms with Crippen LogP contribution in [0.4, 0.5) is 5.69 Å². The van der Waals surface area contributed by atoms with E-state index in [1.165, 1.54) is 0 Å². The number of rotatable bonds is 9. The number of para-hydroxylation sites is 2. The van der Waals surface area contributed by atoms with Crippen molar-refractivity contribution in [2.24, 2.45) is 5.92 Å². The summed E-state index contributed by atoms with van der Waals surface area (Å²) in [6.45, 7) is 5.24. The van der Waals surface area contributed by atoms with E-state index in [0.717, 1.165) is 12.0 Å². The van der Waals surface area contributed by atoms with Gasteiger partial charge >= 0.3 is 0 Å². The Kier molecular flexibility index (Phi) is 9.38. The molecule has 2 amide bonds. The molecular weight excluding hydrogens is 458 g/mol. The first-order valence-corrected chi connectivity index (χ1v) is 12.0. The normalized spacial score (nSPS) is 10.5. The highest BCUT2D eigenvalue weighted by atomic mass is 32.1. The van der Waals surface area contributed by atoms with Crippen molar-refractivity contribution >= 4 is 34.8 Å². The zero-order valence-electron chi connectivity index (χ0n) is 20.3. The molecule has 0 aliphatic carbocycles. The molecule has 0 saturated carbocycles. The van der Waals surface area contributed by atoms with Crippen LogP contribution in [0.1, 0.15) is 46.5 Å². The molecule has 0 fully saturated rings. The molecule has 3 rings (SSSR count). The van der Waals surface area contributed by atoms with Gasteiger partial charge in [0.15, 0.2) is 5.11 Å². The van der Waals surface area contributed by atoms with Gasteiger partial charge in [0.25, 0.3) is 11.8 Å². The number of hydrogen-bond acceptors (Lipinski definition) is 4. The number of carbonyl (C=O) groups is 2. The Balaban J connectivity index is 1.66. The molecule has 6 nitrogen and oxygen atoms in total. The Hall–Kier alpha value is -3.71. The number of thiocarbonyl (C=S) groups is 1. The summed E-state index contributed by atoms with van der Waals surface area (Å²) in [6.07, 6.45) is 0.888. The summed E-state index contributed by atoms with van der Waals surface area (Å²) < 4.78 is 5.82. The zero-order chi connectivity index (χ0) is 25.2. The number of hydrogen-bond donors (Lipinski definition) is 2. The second-order valence-electron chi connectivity index (χ2n) is 8.63. The fourth-order valence-corrected chi connectivity index (χ4v) is 3.62. The first-order chi connectivity index (χ1) is 16.8. The molecule has 3 aromatic carbocycles. The van der Waals surface area contributed by atoms with Crippen LogP contribution in [0.15, 0.2) is 78.9 Å². The van der Waals surface area contributed by atoms with Crippen LogP contribution in [0.3, 0.4) is 0 Å². The third-order valence-corrected chi connectivity index (χ3v) is 5.53. The van der Waals surface area contributed by atoms with Gasteiger partial charge in [-0.1, -0.05) is 68.4 Å². The highest BCUT2D eigenvalue weighted by Crippen LogP contribution is 2.20. The van der Waals surface area contributed by atoms with Gasteiger partial charge in [0.05, 0.1) is 23.4 Å². The van der Waals surface area contributed by atoms with Gasteiger partial charge in [0, 0.05) is 13.6 Å². The van der Waals surface area contributed by atoms with Crippen LogP contribution in [-0.2, 0) is 6.54 Å². The molecule has 0 bridgehead atoms. The summed E-state index contributed by atoms with van der Waals surface area (Å²) in [5, 5.41) is 5.79. The summed E-state index contributed by atoms with van der Waals surface area (Å²) in [6, 6.07) is 23.9. The molecule has 0 aliphatic heterocycles. The van der Waals surface area contributed by atoms with E-state index in [-0.39, 0.29) is 16.9 Å². The van der Waals surface area contributed by atoms with Gasteiger partial charge in [0.1, 0.15) is 5.75 Å². The molecule has 0 saturated heterocycles. The lowest BCUT2D eigenvalue weighted by Crippen LogP contribution is -2.35. The minimum Gasteiger partial charge on any atom is -0.493 e. The number of nitrogens with one attached hydrogen (secondary N) is 2. The Bertz CT molecular complexity index is 1160. The van der Waals surface area contributed by atoms with E-state index in [4.69, 9.17) is 17.0 Å². The highest BCUT2D eigenvalue weighted by Gasteiger charge is 2.18. The van der Waals surface area contributed by atoms with E-state index in [2.05, 4.69) is 24.5 Å². The average molecular weight is 490 g/mol. The standard InChI is InChI=1S/C28H31N3O3S/c1-20(2)17-18-34-25-16-10-8-14-23(25)26(32)30-28(35)29-24-15-9-7-13-22(24)27(33)31(3)19-21-11-5-4-6-12-21/h4-16,20H,17-19H2,1-3H3,(H2,29,30,32,35). The molecule has 0 spiro atoms. The van der Waals surface area contributed by atoms with Gasteiger partial charge in [0.2, 0.25) is 0 Å². The lowest BCUT2D eigenvalue weighted by molar-refractivity contribution is 0.0786. The minimum absolute atomic E-state index is 0.0953. The predicted octanol–water partition coefficient (Wildman–Crippen LogP) is 5.51. The maximum absolute atomic E-state index is 13.1. The molecule has 0 aromatic heterocycles. The number of ether oxygens (including phenoxy) is 1. The third-order valence-electron chi connectivity index (χ3n) is 5.33. The molecule has 0 radical (unpaired) electrons. The first-order valence-electron chi connectivity index (χ1n) is 11.6. The largest absolute Gasteiger partial charge is 0.493 e. The number of anilines is 1. The van der Waals surface area contributed by atoms with Crippen LogP contribution in [0.5, 0.6) is 5.75 Å². The van der Waals surface area contributed by atoms with Crippen molar-refractivity contribution in [1.82, 2.24) is 10.2 Å². The number of amides is 2. The fraction of sp³-hybridized carbons (Fsp3) is 0.250. The van der Waals surface area contributed by atoms with E-state index in [0.29, 0.717) is 41.6 Å². The van der Waals surface area contributed by atoms with Crippen LogP contribution in [0.25, 0.3) is 0 Å². The van der Waals surface area contributed by atoms with Crippen molar-refractivity contribution in [2.75, 3.05) is 19.0 Å². The monoisotopic (exact) mass is 489 g/mol. The summed E-state index contributed by atoms with van der Waals surface area (Å²) in [7, 11) is 1.75. The van der Waals surface area contributed by atoms with Crippen LogP contribution < -0.4 is 15.4 Å². The number of nitrogens with zero attached hydrogens (tertiary/aromatic N) is 1. The second kappa shape index (κ2) is 12.7. The molecule has 3 aromatic rings. The van der Waals surface area contributed by atoms with Crippen LogP contribution in [0, 0.1) is 5.92 Å². The molecule has 0 unspecified atom stereocenters. The fourth-order valence-electron chi connectivity index (χ4n) is 3.42. The topological polar surface area (TPSA) is 70.7 Å². The quantitative estimate of drug-likeness (QED) is 0.388. The van der Waals surface area contributed by atoms with Crippen molar-refractivity contribution in [2.45, 2.75) is 26.8 Å². The van der Waals surface area contributed by atoms with Gasteiger partial charge in [-0.2, -0.15) is 0 Å². The lowest BCUT2D eigenvalue weighted by Gasteiger charge is -2.20. The zero-order valence-corrected chi connectivity index (χ0v) is 21.1. The Morgan fingerprint density at radius 3 is 2.26 bits per heavy atom. The molecule has 2 N–H and O–H groups in total. The SMILES string of the molecule is CC(C)CCOc1ccccc1C(=O)NC(=S)Nc1ccccc1C(=O)N(C)Cc1ccccc1. The van der Waals surface area contributed by atoms with Crippen molar-refractivity contribution in [3.05, 3.63) is 95.6 Å². The molecule has 0 heterocycles. The predicted molar refractivity (Wildman–Crippen MR) is 144 cm³/mol. The van der Waals surface area contributed by atoms with Crippen molar-refractivity contribution in [3.63, 3.8) is 0 Å². The molecule has 0 atom stereocenters. The van der Waals surface area contributed by atoms with E-state index < -0.39 is 0 Å². The van der Waals surface area contributed by atoms with Gasteiger partial charge in [-0.15, -0.1) is 0 Å². The van der Waals surface area contributed by atoms with E-state index >= 15 is 0 Å². The Labute approximate surface area is 212 Å². The van der Waals surface area contributed by atoms with Crippen molar-refractivity contribution in [1.29, 1.82) is 0 Å². The highest BCUT2D eigenvalue weighted by molar-refractivity contribution is 7.80. The van der Waals surface area contributed by atoms with E-state index in [9.17, 15) is 9.59 Å². The Morgan fingerprint density at radius 1 is 0.914 bits per heavy atom. The Morgan fingerprint density at radius 2 is 1.54 bits per heavy atom. The number of benzene rings is 3. The van der Waals surface area contributed by atoms with Crippen LogP contribution in [-0.4, -0.2) is 35.5 Å². The lowest BCUT2D eigenvalue weighted by atomic mass is 10.1. The number of carbonyl (C=O) groups excluding carboxylic acids is 2. The second-order valence-corrected chi connectivity index (χ2v) is 9.04. The van der Waals surface area contributed by atoms with Crippen LogP contribution in [0.2, 0.25) is 0 Å². The van der Waals surface area contributed by atoms with Gasteiger partial charge in [-0.3, -0.25) is 14.9 Å². The molecule has 7 heteroatoms. The van der Waals surface area contributed by atoms with Gasteiger partial charge in [-0.05, 0) is 54.4 Å².